The summed E-state index contributed by atoms with van der Waals surface area (Å²) in [7, 11) is 0. The van der Waals surface area contributed by atoms with Crippen LogP contribution in [0.15, 0.2) is 36.5 Å². The standard InChI is InChI=1S/C19H24N4O2/c24-19(21-17-8-11-25-18-6-2-1-5-15(17)18)13-23-10-3-4-14(12-23)16-7-9-20-22-16/h1-2,5-7,9,14,17H,3-4,8,10-13H2,(H,20,22)(H,21,24). The Hall–Kier alpha value is -2.34. The van der Waals surface area contributed by atoms with Crippen molar-refractivity contribution < 1.29 is 9.53 Å². The van der Waals surface area contributed by atoms with E-state index >= 15 is 0 Å². The van der Waals surface area contributed by atoms with E-state index in [1.165, 1.54) is 5.69 Å². The number of hydrogen-bond acceptors (Lipinski definition) is 4. The van der Waals surface area contributed by atoms with Gasteiger partial charge in [0.2, 0.25) is 5.91 Å². The van der Waals surface area contributed by atoms with Crippen molar-refractivity contribution in [1.82, 2.24) is 20.4 Å². The lowest BCUT2D eigenvalue weighted by Crippen LogP contribution is -2.43. The van der Waals surface area contributed by atoms with Crippen LogP contribution in [0.3, 0.4) is 0 Å². The van der Waals surface area contributed by atoms with Gasteiger partial charge in [-0.25, -0.2) is 0 Å². The Balaban J connectivity index is 1.35. The van der Waals surface area contributed by atoms with Gasteiger partial charge in [0.05, 0.1) is 19.2 Å². The molecule has 132 valence electrons. The van der Waals surface area contributed by atoms with Crippen LogP contribution < -0.4 is 10.1 Å². The van der Waals surface area contributed by atoms with Gasteiger partial charge in [0.1, 0.15) is 5.75 Å². The van der Waals surface area contributed by atoms with Crippen molar-refractivity contribution in [2.75, 3.05) is 26.2 Å². The number of rotatable bonds is 4. The molecule has 0 radical (unpaired) electrons. The number of nitrogens with zero attached hydrogens (tertiary/aromatic N) is 2. The van der Waals surface area contributed by atoms with Gasteiger partial charge >= 0.3 is 0 Å². The van der Waals surface area contributed by atoms with E-state index in [9.17, 15) is 4.79 Å². The SMILES string of the molecule is O=C(CN1CCCC(c2ccn[nH]2)C1)NC1CCOc2ccccc21. The first-order valence-electron chi connectivity index (χ1n) is 9.02. The van der Waals surface area contributed by atoms with E-state index < -0.39 is 0 Å². The fourth-order valence-corrected chi connectivity index (χ4v) is 3.88. The van der Waals surface area contributed by atoms with Crippen molar-refractivity contribution >= 4 is 5.91 Å². The summed E-state index contributed by atoms with van der Waals surface area (Å²) in [5, 5.41) is 10.3. The highest BCUT2D eigenvalue weighted by Crippen LogP contribution is 2.31. The summed E-state index contributed by atoms with van der Waals surface area (Å²) in [5.74, 6) is 1.41. The van der Waals surface area contributed by atoms with Crippen LogP contribution in [-0.4, -0.2) is 47.2 Å². The number of H-pyrrole nitrogens is 1. The molecule has 1 saturated heterocycles. The summed E-state index contributed by atoms with van der Waals surface area (Å²) < 4.78 is 5.67. The van der Waals surface area contributed by atoms with Gasteiger partial charge in [-0.1, -0.05) is 18.2 Å². The van der Waals surface area contributed by atoms with E-state index in [1.807, 2.05) is 30.3 Å². The second kappa shape index (κ2) is 7.27. The first kappa shape index (κ1) is 16.1. The molecule has 4 rings (SSSR count). The molecule has 1 aromatic carbocycles. The molecule has 2 atom stereocenters. The van der Waals surface area contributed by atoms with Crippen molar-refractivity contribution in [1.29, 1.82) is 0 Å². The molecule has 3 heterocycles. The maximum absolute atomic E-state index is 12.6. The summed E-state index contributed by atoms with van der Waals surface area (Å²) in [6, 6.07) is 10.0. The van der Waals surface area contributed by atoms with Crippen LogP contribution in [0.2, 0.25) is 0 Å². The van der Waals surface area contributed by atoms with E-state index in [2.05, 4.69) is 20.4 Å². The average molecular weight is 340 g/mol. The van der Waals surface area contributed by atoms with Crippen molar-refractivity contribution in [3.05, 3.63) is 47.8 Å². The van der Waals surface area contributed by atoms with Crippen LogP contribution >= 0.6 is 0 Å². The predicted octanol–water partition coefficient (Wildman–Crippen LogP) is 2.23. The molecule has 6 heteroatoms. The third kappa shape index (κ3) is 3.69. The second-order valence-electron chi connectivity index (χ2n) is 6.88. The number of carbonyl (C=O) groups excluding carboxylic acids is 1. The van der Waals surface area contributed by atoms with E-state index in [0.717, 1.165) is 43.7 Å². The first-order valence-corrected chi connectivity index (χ1v) is 9.02. The summed E-state index contributed by atoms with van der Waals surface area (Å²) in [4.78, 5) is 14.8. The zero-order chi connectivity index (χ0) is 17.1. The number of amides is 1. The zero-order valence-corrected chi connectivity index (χ0v) is 14.3. The van der Waals surface area contributed by atoms with Gasteiger partial charge in [-0.2, -0.15) is 5.10 Å². The molecule has 1 amide bonds. The lowest BCUT2D eigenvalue weighted by Gasteiger charge is -2.32. The number of nitrogens with one attached hydrogen (secondary N) is 2. The fourth-order valence-electron chi connectivity index (χ4n) is 3.88. The van der Waals surface area contributed by atoms with Gasteiger partial charge in [-0.3, -0.25) is 14.8 Å². The number of likely N-dealkylation sites (tertiary alicyclic amines) is 1. The Kier molecular flexibility index (Phi) is 4.70. The van der Waals surface area contributed by atoms with Crippen LogP contribution in [-0.2, 0) is 4.79 Å². The number of aromatic nitrogens is 2. The molecule has 2 aromatic rings. The van der Waals surface area contributed by atoms with Crippen LogP contribution in [0.5, 0.6) is 5.75 Å². The molecule has 0 aliphatic carbocycles. The molecule has 2 N–H and O–H groups in total. The van der Waals surface area contributed by atoms with Crippen LogP contribution in [0.1, 0.15) is 42.5 Å². The Morgan fingerprint density at radius 2 is 2.24 bits per heavy atom. The molecule has 0 spiro atoms. The lowest BCUT2D eigenvalue weighted by molar-refractivity contribution is -0.123. The van der Waals surface area contributed by atoms with E-state index in [4.69, 9.17) is 4.74 Å². The van der Waals surface area contributed by atoms with Crippen LogP contribution in [0.4, 0.5) is 0 Å². The number of carbonyl (C=O) groups is 1. The zero-order valence-electron chi connectivity index (χ0n) is 14.3. The monoisotopic (exact) mass is 340 g/mol. The van der Waals surface area contributed by atoms with Crippen LogP contribution in [0.25, 0.3) is 0 Å². The average Bonchev–Trinajstić information content (AvgIpc) is 3.17. The predicted molar refractivity (Wildman–Crippen MR) is 94.4 cm³/mol. The molecule has 6 nitrogen and oxygen atoms in total. The number of hydrogen-bond donors (Lipinski definition) is 2. The number of aromatic amines is 1. The topological polar surface area (TPSA) is 70.2 Å². The maximum Gasteiger partial charge on any atom is 0.234 e. The largest absolute Gasteiger partial charge is 0.493 e. The highest BCUT2D eigenvalue weighted by molar-refractivity contribution is 5.78. The molecule has 1 fully saturated rings. The molecule has 0 bridgehead atoms. The molecule has 2 aliphatic rings. The molecule has 0 saturated carbocycles. The quantitative estimate of drug-likeness (QED) is 0.895. The van der Waals surface area contributed by atoms with Gasteiger partial charge in [0.25, 0.3) is 0 Å². The minimum absolute atomic E-state index is 0.0469. The van der Waals surface area contributed by atoms with Crippen molar-refractivity contribution in [3.63, 3.8) is 0 Å². The number of piperidine rings is 1. The van der Waals surface area contributed by atoms with Gasteiger partial charge in [0.15, 0.2) is 0 Å². The normalized spacial score (nSPS) is 23.5. The number of ether oxygens (including phenoxy) is 1. The summed E-state index contributed by atoms with van der Waals surface area (Å²) in [5.41, 5.74) is 2.25. The summed E-state index contributed by atoms with van der Waals surface area (Å²) in [6.07, 6.45) is 4.87. The summed E-state index contributed by atoms with van der Waals surface area (Å²) in [6.45, 7) is 2.97. The lowest BCUT2D eigenvalue weighted by atomic mass is 9.95. The first-order chi connectivity index (χ1) is 12.3. The number of para-hydroxylation sites is 1. The minimum atomic E-state index is 0.0469. The van der Waals surface area contributed by atoms with E-state index in [1.54, 1.807) is 6.20 Å². The van der Waals surface area contributed by atoms with Crippen molar-refractivity contribution in [2.24, 2.45) is 0 Å². The fraction of sp³-hybridized carbons (Fsp3) is 0.474. The molecule has 25 heavy (non-hydrogen) atoms. The Bertz CT molecular complexity index is 716. The Labute approximate surface area is 147 Å². The van der Waals surface area contributed by atoms with E-state index in [-0.39, 0.29) is 11.9 Å². The van der Waals surface area contributed by atoms with Crippen molar-refractivity contribution in [2.45, 2.75) is 31.2 Å². The van der Waals surface area contributed by atoms with Crippen LogP contribution in [0, 0.1) is 0 Å². The molecular formula is C19H24N4O2. The number of fused-ring (bicyclic) bond motifs is 1. The molecule has 2 unspecified atom stereocenters. The third-order valence-electron chi connectivity index (χ3n) is 5.13. The van der Waals surface area contributed by atoms with Gasteiger partial charge < -0.3 is 10.1 Å². The number of benzene rings is 1. The molecule has 1 aromatic heterocycles. The third-order valence-corrected chi connectivity index (χ3v) is 5.13. The Morgan fingerprint density at radius 3 is 3.12 bits per heavy atom. The van der Waals surface area contributed by atoms with Gasteiger partial charge in [-0.15, -0.1) is 0 Å². The molecule has 2 aliphatic heterocycles. The van der Waals surface area contributed by atoms with Crippen molar-refractivity contribution in [3.8, 4) is 5.75 Å². The van der Waals surface area contributed by atoms with Gasteiger partial charge in [0, 0.05) is 36.3 Å². The smallest absolute Gasteiger partial charge is 0.234 e. The highest BCUT2D eigenvalue weighted by Gasteiger charge is 2.26. The van der Waals surface area contributed by atoms with E-state index in [0.29, 0.717) is 19.1 Å². The second-order valence-corrected chi connectivity index (χ2v) is 6.88. The molecular weight excluding hydrogens is 316 g/mol. The minimum Gasteiger partial charge on any atom is -0.493 e. The summed E-state index contributed by atoms with van der Waals surface area (Å²) >= 11 is 0. The maximum atomic E-state index is 12.6. The van der Waals surface area contributed by atoms with Gasteiger partial charge in [-0.05, 0) is 31.5 Å². The Morgan fingerprint density at radius 1 is 1.32 bits per heavy atom. The highest BCUT2D eigenvalue weighted by atomic mass is 16.5.